The first-order chi connectivity index (χ1) is 13.7. The van der Waals surface area contributed by atoms with Gasteiger partial charge >= 0.3 is 0 Å². The summed E-state index contributed by atoms with van der Waals surface area (Å²) < 4.78 is 13.1. The van der Waals surface area contributed by atoms with E-state index in [0.717, 1.165) is 51.3 Å². The lowest BCUT2D eigenvalue weighted by atomic mass is 10.0. The van der Waals surface area contributed by atoms with Crippen LogP contribution in [0.25, 0.3) is 0 Å². The van der Waals surface area contributed by atoms with E-state index < -0.39 is 0 Å². The van der Waals surface area contributed by atoms with Gasteiger partial charge in [-0.15, -0.1) is 0 Å². The van der Waals surface area contributed by atoms with Crippen LogP contribution in [-0.4, -0.2) is 48.8 Å². The average Bonchev–Trinajstić information content (AvgIpc) is 2.71. The van der Waals surface area contributed by atoms with Crippen LogP contribution in [0.5, 0.6) is 0 Å². The predicted octanol–water partition coefficient (Wildman–Crippen LogP) is 5.62. The highest BCUT2D eigenvalue weighted by Gasteiger charge is 2.19. The Balaban J connectivity index is 1.46. The van der Waals surface area contributed by atoms with Crippen molar-refractivity contribution in [1.82, 2.24) is 4.90 Å². The summed E-state index contributed by atoms with van der Waals surface area (Å²) in [4.78, 5) is 4.66. The van der Waals surface area contributed by atoms with Gasteiger partial charge in [0, 0.05) is 38.4 Å². The van der Waals surface area contributed by atoms with Crippen molar-refractivity contribution >= 4 is 5.69 Å². The van der Waals surface area contributed by atoms with Crippen molar-refractivity contribution in [3.8, 4) is 0 Å². The van der Waals surface area contributed by atoms with Gasteiger partial charge in [-0.1, -0.05) is 71.1 Å². The van der Waals surface area contributed by atoms with Gasteiger partial charge in [0.1, 0.15) is 5.82 Å². The molecular formula is C24H41FN2O. The molecule has 1 atom stereocenters. The molecule has 0 spiro atoms. The summed E-state index contributed by atoms with van der Waals surface area (Å²) in [6, 6.07) is 6.76. The van der Waals surface area contributed by atoms with E-state index >= 15 is 0 Å². The Morgan fingerprint density at radius 2 is 1.36 bits per heavy atom. The van der Waals surface area contributed by atoms with Crippen molar-refractivity contribution in [2.45, 2.75) is 83.7 Å². The molecule has 0 radical (unpaired) electrons. The van der Waals surface area contributed by atoms with Crippen molar-refractivity contribution in [3.05, 3.63) is 30.1 Å². The monoisotopic (exact) mass is 392 g/mol. The van der Waals surface area contributed by atoms with Crippen molar-refractivity contribution in [3.63, 3.8) is 0 Å². The van der Waals surface area contributed by atoms with Gasteiger partial charge in [0.2, 0.25) is 0 Å². The number of aliphatic hydroxyl groups is 1. The summed E-state index contributed by atoms with van der Waals surface area (Å²) >= 11 is 0. The Labute approximate surface area is 171 Å². The highest BCUT2D eigenvalue weighted by atomic mass is 19.1. The maximum atomic E-state index is 13.1. The van der Waals surface area contributed by atoms with E-state index in [0.29, 0.717) is 0 Å². The minimum atomic E-state index is -0.202. The quantitative estimate of drug-likeness (QED) is 0.416. The molecule has 160 valence electrons. The second-order valence-corrected chi connectivity index (χ2v) is 8.39. The molecule has 0 saturated carbocycles. The Morgan fingerprint density at radius 1 is 0.821 bits per heavy atom. The number of unbranched alkanes of at least 4 members (excludes halogenated alkanes) is 9. The third-order valence-electron chi connectivity index (χ3n) is 5.92. The number of anilines is 1. The first-order valence-electron chi connectivity index (χ1n) is 11.6. The van der Waals surface area contributed by atoms with Crippen molar-refractivity contribution in [1.29, 1.82) is 0 Å². The van der Waals surface area contributed by atoms with Crippen molar-refractivity contribution in [2.75, 3.05) is 37.6 Å². The number of halogens is 1. The van der Waals surface area contributed by atoms with Gasteiger partial charge in [-0.25, -0.2) is 4.39 Å². The molecule has 1 unspecified atom stereocenters. The fourth-order valence-electron chi connectivity index (χ4n) is 4.10. The van der Waals surface area contributed by atoms with Gasteiger partial charge in [0.05, 0.1) is 6.10 Å². The molecule has 4 heteroatoms. The molecule has 1 aliphatic rings. The van der Waals surface area contributed by atoms with Crippen LogP contribution in [0.3, 0.4) is 0 Å². The third kappa shape index (κ3) is 9.38. The summed E-state index contributed by atoms with van der Waals surface area (Å²) in [5.41, 5.74) is 1.09. The van der Waals surface area contributed by atoms with E-state index in [1.54, 1.807) is 0 Å². The van der Waals surface area contributed by atoms with E-state index in [1.807, 2.05) is 12.1 Å². The zero-order chi connectivity index (χ0) is 20.0. The second-order valence-electron chi connectivity index (χ2n) is 8.39. The molecule has 1 N–H and O–H groups in total. The minimum absolute atomic E-state index is 0.183. The lowest BCUT2D eigenvalue weighted by Gasteiger charge is -2.37. The molecule has 3 nitrogen and oxygen atoms in total. The molecular weight excluding hydrogens is 351 g/mol. The Bertz CT molecular complexity index is 500. The van der Waals surface area contributed by atoms with E-state index in [1.165, 1.54) is 69.9 Å². The van der Waals surface area contributed by atoms with Crippen molar-refractivity contribution < 1.29 is 9.50 Å². The highest BCUT2D eigenvalue weighted by Crippen LogP contribution is 2.17. The normalized spacial score (nSPS) is 16.5. The van der Waals surface area contributed by atoms with E-state index in [-0.39, 0.29) is 11.9 Å². The van der Waals surface area contributed by atoms with Gasteiger partial charge < -0.3 is 10.0 Å². The minimum Gasteiger partial charge on any atom is -0.392 e. The van der Waals surface area contributed by atoms with Crippen LogP contribution in [0.15, 0.2) is 24.3 Å². The van der Waals surface area contributed by atoms with Gasteiger partial charge in [0.25, 0.3) is 0 Å². The molecule has 1 heterocycles. The van der Waals surface area contributed by atoms with Crippen LogP contribution in [0.4, 0.5) is 10.1 Å². The molecule has 2 rings (SSSR count). The molecule has 0 bridgehead atoms. The largest absolute Gasteiger partial charge is 0.392 e. The molecule has 0 amide bonds. The number of hydrogen-bond donors (Lipinski definition) is 1. The highest BCUT2D eigenvalue weighted by molar-refractivity contribution is 5.46. The van der Waals surface area contributed by atoms with E-state index in [4.69, 9.17) is 0 Å². The Kier molecular flexibility index (Phi) is 11.5. The first-order valence-corrected chi connectivity index (χ1v) is 11.6. The van der Waals surface area contributed by atoms with Crippen LogP contribution < -0.4 is 4.90 Å². The van der Waals surface area contributed by atoms with Gasteiger partial charge in [0.15, 0.2) is 0 Å². The van der Waals surface area contributed by atoms with Gasteiger partial charge in [-0.3, -0.25) is 4.90 Å². The third-order valence-corrected chi connectivity index (χ3v) is 5.92. The maximum Gasteiger partial charge on any atom is 0.123 e. The summed E-state index contributed by atoms with van der Waals surface area (Å²) in [5, 5.41) is 10.3. The van der Waals surface area contributed by atoms with Gasteiger partial charge in [-0.05, 0) is 30.7 Å². The van der Waals surface area contributed by atoms with Crippen LogP contribution >= 0.6 is 0 Å². The summed E-state index contributed by atoms with van der Waals surface area (Å²) in [6.07, 6.45) is 14.1. The molecule has 1 aromatic carbocycles. The topological polar surface area (TPSA) is 26.7 Å². The number of benzene rings is 1. The van der Waals surface area contributed by atoms with Gasteiger partial charge in [-0.2, -0.15) is 0 Å². The molecule has 0 aliphatic carbocycles. The van der Waals surface area contributed by atoms with Crippen LogP contribution in [0.1, 0.15) is 77.6 Å². The average molecular weight is 393 g/mol. The molecule has 1 saturated heterocycles. The summed E-state index contributed by atoms with van der Waals surface area (Å²) in [5.74, 6) is -0.183. The van der Waals surface area contributed by atoms with Crippen LogP contribution in [0.2, 0.25) is 0 Å². The number of piperazine rings is 1. The summed E-state index contributed by atoms with van der Waals surface area (Å²) in [6.45, 7) is 6.86. The zero-order valence-corrected chi connectivity index (χ0v) is 17.9. The number of rotatable bonds is 14. The second kappa shape index (κ2) is 13.9. The smallest absolute Gasteiger partial charge is 0.123 e. The van der Waals surface area contributed by atoms with Crippen LogP contribution in [-0.2, 0) is 0 Å². The standard InChI is InChI=1S/C24H41FN2O/c1-2-3-4-5-6-7-8-9-10-11-12-24(28)21-26-17-19-27(20-18-26)23-15-13-22(25)14-16-23/h13-16,24,28H,2-12,17-21H2,1H3. The SMILES string of the molecule is CCCCCCCCCCCCC(O)CN1CCN(c2ccc(F)cc2)CC1. The number of hydrogen-bond acceptors (Lipinski definition) is 3. The lowest BCUT2D eigenvalue weighted by Crippen LogP contribution is -2.48. The first kappa shape index (κ1) is 23.2. The maximum absolute atomic E-state index is 13.1. The Morgan fingerprint density at radius 3 is 1.93 bits per heavy atom. The summed E-state index contributed by atoms with van der Waals surface area (Å²) in [7, 11) is 0. The zero-order valence-electron chi connectivity index (χ0n) is 17.9. The fraction of sp³-hybridized carbons (Fsp3) is 0.750. The number of nitrogens with zero attached hydrogens (tertiary/aromatic N) is 2. The number of β-amino-alcohol motifs (C(OH)–C–C–N with tert-alkyl or cyclic N) is 1. The van der Waals surface area contributed by atoms with E-state index in [9.17, 15) is 9.50 Å². The molecule has 1 fully saturated rings. The molecule has 1 aromatic rings. The Hall–Kier alpha value is -1.13. The van der Waals surface area contributed by atoms with Crippen LogP contribution in [0, 0.1) is 5.82 Å². The molecule has 0 aromatic heterocycles. The lowest BCUT2D eigenvalue weighted by molar-refractivity contribution is 0.0996. The number of aliphatic hydroxyl groups excluding tert-OH is 1. The molecule has 1 aliphatic heterocycles. The fourth-order valence-corrected chi connectivity index (χ4v) is 4.10. The van der Waals surface area contributed by atoms with Crippen molar-refractivity contribution in [2.24, 2.45) is 0 Å². The van der Waals surface area contributed by atoms with E-state index in [2.05, 4.69) is 16.7 Å². The predicted molar refractivity (Wildman–Crippen MR) is 118 cm³/mol. The molecule has 28 heavy (non-hydrogen) atoms.